The van der Waals surface area contributed by atoms with Gasteiger partial charge in [-0.25, -0.2) is 4.98 Å². The number of carbonyl (C=O) groups is 2. The third-order valence-electron chi connectivity index (χ3n) is 4.83. The van der Waals surface area contributed by atoms with Crippen LogP contribution in [0.1, 0.15) is 56.4 Å². The molecule has 144 valence electrons. The van der Waals surface area contributed by atoms with E-state index < -0.39 is 0 Å². The van der Waals surface area contributed by atoms with Crippen LogP contribution in [0.15, 0.2) is 18.6 Å². The van der Waals surface area contributed by atoms with Gasteiger partial charge < -0.3 is 15.1 Å². The third-order valence-corrected chi connectivity index (χ3v) is 4.83. The molecule has 0 unspecified atom stereocenters. The van der Waals surface area contributed by atoms with Gasteiger partial charge in [-0.3, -0.25) is 14.6 Å². The molecule has 1 saturated heterocycles. The molecule has 0 radical (unpaired) electrons. The van der Waals surface area contributed by atoms with Crippen LogP contribution in [0.25, 0.3) is 0 Å². The summed E-state index contributed by atoms with van der Waals surface area (Å²) in [6.45, 7) is 8.02. The molecule has 2 amide bonds. The van der Waals surface area contributed by atoms with Gasteiger partial charge in [-0.05, 0) is 39.3 Å². The van der Waals surface area contributed by atoms with E-state index in [0.717, 1.165) is 26.1 Å². The molecule has 0 saturated carbocycles. The SMILES string of the molecule is CC[C@@H](C)NC(=O)CCN(CCN1CCCCC1)C(=O)c1cnccn1. The quantitative estimate of drug-likeness (QED) is 0.724. The Kier molecular flexibility index (Phi) is 8.47. The molecule has 7 nitrogen and oxygen atoms in total. The third kappa shape index (κ3) is 6.71. The molecular formula is C19H31N5O2. The highest BCUT2D eigenvalue weighted by Crippen LogP contribution is 2.09. The first-order valence-electron chi connectivity index (χ1n) is 9.67. The van der Waals surface area contributed by atoms with E-state index >= 15 is 0 Å². The minimum absolute atomic E-state index is 0.0192. The summed E-state index contributed by atoms with van der Waals surface area (Å²) in [5.74, 6) is -0.180. The van der Waals surface area contributed by atoms with Gasteiger partial charge in [-0.1, -0.05) is 13.3 Å². The van der Waals surface area contributed by atoms with Crippen molar-refractivity contribution in [1.82, 2.24) is 25.1 Å². The number of nitrogens with one attached hydrogen (secondary N) is 1. The molecule has 2 heterocycles. The van der Waals surface area contributed by atoms with Crippen molar-refractivity contribution in [2.45, 2.75) is 52.0 Å². The number of nitrogens with zero attached hydrogens (tertiary/aromatic N) is 4. The minimum Gasteiger partial charge on any atom is -0.354 e. The molecule has 26 heavy (non-hydrogen) atoms. The lowest BCUT2D eigenvalue weighted by molar-refractivity contribution is -0.121. The van der Waals surface area contributed by atoms with Crippen LogP contribution in [0.3, 0.4) is 0 Å². The highest BCUT2D eigenvalue weighted by atomic mass is 16.2. The van der Waals surface area contributed by atoms with Gasteiger partial charge >= 0.3 is 0 Å². The number of amides is 2. The van der Waals surface area contributed by atoms with Gasteiger partial charge in [-0.15, -0.1) is 0 Å². The molecule has 0 spiro atoms. The van der Waals surface area contributed by atoms with E-state index in [2.05, 4.69) is 20.2 Å². The smallest absolute Gasteiger partial charge is 0.274 e. The standard InChI is InChI=1S/C19H31N5O2/c1-3-16(2)22-18(25)7-12-24(14-13-23-10-5-4-6-11-23)19(26)17-15-20-8-9-21-17/h8-9,15-16H,3-7,10-14H2,1-2H3,(H,22,25)/t16-/m1/s1. The maximum atomic E-state index is 12.8. The van der Waals surface area contributed by atoms with E-state index in [1.165, 1.54) is 31.7 Å². The highest BCUT2D eigenvalue weighted by molar-refractivity contribution is 5.92. The van der Waals surface area contributed by atoms with Crippen LogP contribution in [-0.4, -0.2) is 70.3 Å². The summed E-state index contributed by atoms with van der Waals surface area (Å²) in [7, 11) is 0. The fraction of sp³-hybridized carbons (Fsp3) is 0.684. The zero-order valence-electron chi connectivity index (χ0n) is 16.0. The average Bonchev–Trinajstić information content (AvgIpc) is 2.69. The fourth-order valence-electron chi connectivity index (χ4n) is 3.02. The van der Waals surface area contributed by atoms with Crippen molar-refractivity contribution in [3.05, 3.63) is 24.3 Å². The van der Waals surface area contributed by atoms with Crippen molar-refractivity contribution in [2.75, 3.05) is 32.7 Å². The summed E-state index contributed by atoms with van der Waals surface area (Å²) in [5.41, 5.74) is 0.327. The summed E-state index contributed by atoms with van der Waals surface area (Å²) in [6, 6.07) is 0.153. The lowest BCUT2D eigenvalue weighted by Gasteiger charge is -2.30. The largest absolute Gasteiger partial charge is 0.354 e. The second-order valence-electron chi connectivity index (χ2n) is 6.91. The van der Waals surface area contributed by atoms with E-state index in [1.54, 1.807) is 11.1 Å². The Morgan fingerprint density at radius 1 is 1.23 bits per heavy atom. The average molecular weight is 361 g/mol. The Balaban J connectivity index is 1.93. The molecular weight excluding hydrogens is 330 g/mol. The maximum absolute atomic E-state index is 12.8. The topological polar surface area (TPSA) is 78.4 Å². The molecule has 1 aliphatic rings. The molecule has 2 rings (SSSR count). The van der Waals surface area contributed by atoms with E-state index in [4.69, 9.17) is 0 Å². The van der Waals surface area contributed by atoms with Gasteiger partial charge in [-0.2, -0.15) is 0 Å². The fourth-order valence-corrected chi connectivity index (χ4v) is 3.02. The number of likely N-dealkylation sites (tertiary alicyclic amines) is 1. The number of hydrogen-bond donors (Lipinski definition) is 1. The van der Waals surface area contributed by atoms with Crippen molar-refractivity contribution in [1.29, 1.82) is 0 Å². The number of hydrogen-bond acceptors (Lipinski definition) is 5. The Morgan fingerprint density at radius 2 is 2.00 bits per heavy atom. The Morgan fingerprint density at radius 3 is 2.65 bits per heavy atom. The van der Waals surface area contributed by atoms with Crippen molar-refractivity contribution >= 4 is 11.8 Å². The monoisotopic (exact) mass is 361 g/mol. The summed E-state index contributed by atoms with van der Waals surface area (Å²) >= 11 is 0. The zero-order chi connectivity index (χ0) is 18.8. The summed E-state index contributed by atoms with van der Waals surface area (Å²) in [6.07, 6.45) is 9.47. The van der Waals surface area contributed by atoms with Gasteiger partial charge in [0.05, 0.1) is 6.20 Å². The number of piperidine rings is 1. The number of aromatic nitrogens is 2. The molecule has 0 aliphatic carbocycles. The van der Waals surface area contributed by atoms with Gasteiger partial charge in [0.2, 0.25) is 5.91 Å². The Bertz CT molecular complexity index is 560. The van der Waals surface area contributed by atoms with Gasteiger partial charge in [0, 0.05) is 44.5 Å². The second kappa shape index (κ2) is 10.9. The number of rotatable bonds is 9. The molecule has 7 heteroatoms. The predicted molar refractivity (Wildman–Crippen MR) is 101 cm³/mol. The molecule has 0 bridgehead atoms. The van der Waals surface area contributed by atoms with Crippen LogP contribution in [0.2, 0.25) is 0 Å². The number of carbonyl (C=O) groups excluding carboxylic acids is 2. The van der Waals surface area contributed by atoms with Crippen LogP contribution in [0.4, 0.5) is 0 Å². The highest BCUT2D eigenvalue weighted by Gasteiger charge is 2.20. The van der Waals surface area contributed by atoms with Crippen molar-refractivity contribution in [3.63, 3.8) is 0 Å². The summed E-state index contributed by atoms with van der Waals surface area (Å²) in [4.78, 5) is 37.1. The van der Waals surface area contributed by atoms with Crippen LogP contribution in [0.5, 0.6) is 0 Å². The maximum Gasteiger partial charge on any atom is 0.274 e. The van der Waals surface area contributed by atoms with Crippen molar-refractivity contribution in [3.8, 4) is 0 Å². The first-order chi connectivity index (χ1) is 12.6. The lowest BCUT2D eigenvalue weighted by atomic mass is 10.1. The van der Waals surface area contributed by atoms with Crippen LogP contribution < -0.4 is 5.32 Å². The molecule has 1 aromatic heterocycles. The molecule has 1 aromatic rings. The second-order valence-corrected chi connectivity index (χ2v) is 6.91. The Labute approximate surface area is 156 Å². The normalized spacial score (nSPS) is 16.1. The zero-order valence-corrected chi connectivity index (χ0v) is 16.0. The molecule has 1 aliphatic heterocycles. The molecule has 1 N–H and O–H groups in total. The van der Waals surface area contributed by atoms with E-state index in [0.29, 0.717) is 25.2 Å². The lowest BCUT2D eigenvalue weighted by Crippen LogP contribution is -2.42. The predicted octanol–water partition coefficient (Wildman–Crippen LogP) is 1.71. The van der Waals surface area contributed by atoms with E-state index in [1.807, 2.05) is 13.8 Å². The first kappa shape index (κ1) is 20.3. The van der Waals surface area contributed by atoms with Crippen LogP contribution in [0, 0.1) is 0 Å². The Hall–Kier alpha value is -2.02. The molecule has 1 atom stereocenters. The van der Waals surface area contributed by atoms with Crippen molar-refractivity contribution < 1.29 is 9.59 Å². The molecule has 1 fully saturated rings. The summed E-state index contributed by atoms with van der Waals surface area (Å²) in [5, 5.41) is 2.95. The van der Waals surface area contributed by atoms with Gasteiger partial charge in [0.15, 0.2) is 0 Å². The van der Waals surface area contributed by atoms with E-state index in [-0.39, 0.29) is 17.9 Å². The van der Waals surface area contributed by atoms with Crippen LogP contribution in [-0.2, 0) is 4.79 Å². The minimum atomic E-state index is -0.161. The van der Waals surface area contributed by atoms with E-state index in [9.17, 15) is 9.59 Å². The summed E-state index contributed by atoms with van der Waals surface area (Å²) < 4.78 is 0. The van der Waals surface area contributed by atoms with Crippen LogP contribution >= 0.6 is 0 Å². The first-order valence-corrected chi connectivity index (χ1v) is 9.67. The van der Waals surface area contributed by atoms with Gasteiger partial charge in [0.25, 0.3) is 5.91 Å². The molecule has 0 aromatic carbocycles. The van der Waals surface area contributed by atoms with Gasteiger partial charge in [0.1, 0.15) is 5.69 Å². The van der Waals surface area contributed by atoms with Crippen molar-refractivity contribution in [2.24, 2.45) is 0 Å².